The van der Waals surface area contributed by atoms with Gasteiger partial charge in [0.2, 0.25) is 6.54 Å². The van der Waals surface area contributed by atoms with Gasteiger partial charge in [-0.3, -0.25) is 0 Å². The van der Waals surface area contributed by atoms with Crippen LogP contribution in [0.3, 0.4) is 0 Å². The first kappa shape index (κ1) is 17.0. The van der Waals surface area contributed by atoms with Gasteiger partial charge in [-0.15, -0.1) is 0 Å². The normalized spacial score (nSPS) is 14.3. The van der Waals surface area contributed by atoms with Crippen molar-refractivity contribution in [2.75, 3.05) is 13.7 Å². The van der Waals surface area contributed by atoms with Crippen LogP contribution in [0.5, 0.6) is 0 Å². The topological polar surface area (TPSA) is 69.0 Å². The van der Waals surface area contributed by atoms with E-state index in [1.807, 2.05) is 0 Å². The summed E-state index contributed by atoms with van der Waals surface area (Å²) in [6.45, 7) is 13.4. The second-order valence-corrected chi connectivity index (χ2v) is 5.06. The number of esters is 1. The molecule has 0 aromatic rings. The SMILES string of the molecule is [C-]#[N+]CC=C[C@](C)(NC(=O)OC(C)(C)C)C(=O)OC. The molecule has 0 unspecified atom stereocenters. The molecule has 1 N–H and O–H groups in total. The molecule has 1 atom stereocenters. The van der Waals surface area contributed by atoms with Crippen LogP contribution in [0.15, 0.2) is 12.2 Å². The smallest absolute Gasteiger partial charge is 0.408 e. The molecule has 1 amide bonds. The summed E-state index contributed by atoms with van der Waals surface area (Å²) < 4.78 is 9.72. The van der Waals surface area contributed by atoms with Crippen molar-refractivity contribution in [1.82, 2.24) is 5.32 Å². The van der Waals surface area contributed by atoms with Gasteiger partial charge < -0.3 is 19.6 Å². The van der Waals surface area contributed by atoms with Crippen LogP contribution in [0, 0.1) is 6.57 Å². The Morgan fingerprint density at radius 1 is 1.32 bits per heavy atom. The summed E-state index contributed by atoms with van der Waals surface area (Å²) in [6, 6.07) is 0. The fourth-order valence-corrected chi connectivity index (χ4v) is 1.23. The van der Waals surface area contributed by atoms with Gasteiger partial charge in [0, 0.05) is 0 Å². The molecule has 0 rings (SSSR count). The average Bonchev–Trinajstić information content (AvgIpc) is 2.25. The van der Waals surface area contributed by atoms with Crippen LogP contribution in [-0.4, -0.2) is 36.9 Å². The van der Waals surface area contributed by atoms with Crippen LogP contribution in [-0.2, 0) is 14.3 Å². The van der Waals surface area contributed by atoms with Crippen molar-refractivity contribution in [2.24, 2.45) is 0 Å². The first-order valence-corrected chi connectivity index (χ1v) is 5.75. The Bertz CT molecular complexity index is 404. The van der Waals surface area contributed by atoms with E-state index in [0.717, 1.165) is 0 Å². The van der Waals surface area contributed by atoms with E-state index < -0.39 is 23.2 Å². The number of carbonyl (C=O) groups excluding carboxylic acids is 2. The van der Waals surface area contributed by atoms with Crippen molar-refractivity contribution in [1.29, 1.82) is 0 Å². The zero-order chi connectivity index (χ0) is 15.1. The van der Waals surface area contributed by atoms with Crippen molar-refractivity contribution in [2.45, 2.75) is 38.8 Å². The molecule has 0 spiro atoms. The van der Waals surface area contributed by atoms with Crippen LogP contribution in [0.1, 0.15) is 27.7 Å². The molecule has 0 fully saturated rings. The minimum atomic E-state index is -1.36. The molecule has 0 aliphatic carbocycles. The van der Waals surface area contributed by atoms with Crippen molar-refractivity contribution >= 4 is 12.1 Å². The Labute approximate surface area is 113 Å². The minimum absolute atomic E-state index is 0.114. The van der Waals surface area contributed by atoms with E-state index in [9.17, 15) is 9.59 Å². The Hall–Kier alpha value is -2.03. The molecule has 0 saturated heterocycles. The zero-order valence-electron chi connectivity index (χ0n) is 11.9. The summed E-state index contributed by atoms with van der Waals surface area (Å²) >= 11 is 0. The van der Waals surface area contributed by atoms with Gasteiger partial charge in [0.05, 0.1) is 7.11 Å². The number of nitrogens with zero attached hydrogens (tertiary/aromatic N) is 1. The van der Waals surface area contributed by atoms with Gasteiger partial charge in [0.1, 0.15) is 5.60 Å². The van der Waals surface area contributed by atoms with Crippen molar-refractivity contribution in [3.63, 3.8) is 0 Å². The largest absolute Gasteiger partial charge is 0.467 e. The van der Waals surface area contributed by atoms with Gasteiger partial charge in [-0.05, 0) is 39.8 Å². The molecule has 0 aliphatic rings. The van der Waals surface area contributed by atoms with E-state index in [2.05, 4.69) is 14.9 Å². The predicted molar refractivity (Wildman–Crippen MR) is 70.4 cm³/mol. The van der Waals surface area contributed by atoms with E-state index in [1.54, 1.807) is 20.8 Å². The highest BCUT2D eigenvalue weighted by molar-refractivity contribution is 5.87. The number of nitrogens with one attached hydrogen (secondary N) is 1. The van der Waals surface area contributed by atoms with Crippen molar-refractivity contribution in [3.8, 4) is 0 Å². The van der Waals surface area contributed by atoms with Gasteiger partial charge in [0.25, 0.3) is 0 Å². The second kappa shape index (κ2) is 6.78. The lowest BCUT2D eigenvalue weighted by molar-refractivity contribution is -0.145. The number of ether oxygens (including phenoxy) is 2. The van der Waals surface area contributed by atoms with Crippen LogP contribution < -0.4 is 5.32 Å². The third-order valence-electron chi connectivity index (χ3n) is 2.02. The van der Waals surface area contributed by atoms with Crippen molar-refractivity contribution < 1.29 is 19.1 Å². The zero-order valence-corrected chi connectivity index (χ0v) is 11.9. The van der Waals surface area contributed by atoms with Gasteiger partial charge in [-0.1, -0.05) is 0 Å². The third kappa shape index (κ3) is 6.46. The molecule has 6 heteroatoms. The maximum Gasteiger partial charge on any atom is 0.408 e. The summed E-state index contributed by atoms with van der Waals surface area (Å²) in [5, 5.41) is 2.43. The first-order chi connectivity index (χ1) is 8.64. The molecular formula is C13H20N2O4. The molecule has 0 aliphatic heterocycles. The molecule has 106 valence electrons. The molecular weight excluding hydrogens is 248 g/mol. The number of hydrogen-bond acceptors (Lipinski definition) is 4. The number of hydrogen-bond donors (Lipinski definition) is 1. The first-order valence-electron chi connectivity index (χ1n) is 5.75. The number of alkyl carbamates (subject to hydrolysis) is 1. The van der Waals surface area contributed by atoms with Crippen LogP contribution in [0.2, 0.25) is 0 Å². The lowest BCUT2D eigenvalue weighted by Crippen LogP contribution is -2.52. The maximum atomic E-state index is 11.7. The van der Waals surface area contributed by atoms with E-state index in [4.69, 9.17) is 11.3 Å². The van der Waals surface area contributed by atoms with E-state index in [0.29, 0.717) is 0 Å². The highest BCUT2D eigenvalue weighted by Crippen LogP contribution is 2.12. The standard InChI is InChI=1S/C13H20N2O4/c1-12(2,3)19-11(17)15-13(4,10(16)18-6)8-7-9-14-5/h7-8H,9H2,1-4,6H3,(H,15,17)/t13-/m0/s1. The van der Waals surface area contributed by atoms with Crippen LogP contribution >= 0.6 is 0 Å². The number of carbonyl (C=O) groups is 2. The second-order valence-electron chi connectivity index (χ2n) is 5.06. The molecule has 0 heterocycles. The molecule has 0 bridgehead atoms. The summed E-state index contributed by atoms with van der Waals surface area (Å²) in [5.41, 5.74) is -2.02. The van der Waals surface area contributed by atoms with Crippen molar-refractivity contribution in [3.05, 3.63) is 23.6 Å². The summed E-state index contributed by atoms with van der Waals surface area (Å²) in [5.74, 6) is -0.639. The van der Waals surface area contributed by atoms with E-state index >= 15 is 0 Å². The third-order valence-corrected chi connectivity index (χ3v) is 2.02. The molecule has 0 aromatic heterocycles. The number of methoxy groups -OCH3 is 1. The van der Waals surface area contributed by atoms with Crippen LogP contribution in [0.4, 0.5) is 4.79 Å². The summed E-state index contributed by atoms with van der Waals surface area (Å²) in [7, 11) is 1.22. The molecule has 19 heavy (non-hydrogen) atoms. The number of amides is 1. The predicted octanol–water partition coefficient (Wildman–Crippen LogP) is 1.92. The quantitative estimate of drug-likeness (QED) is 0.480. The lowest BCUT2D eigenvalue weighted by Gasteiger charge is -2.27. The summed E-state index contributed by atoms with van der Waals surface area (Å²) in [4.78, 5) is 26.5. The van der Waals surface area contributed by atoms with Gasteiger partial charge in [-0.2, -0.15) is 0 Å². The lowest BCUT2D eigenvalue weighted by atomic mass is 10.0. The van der Waals surface area contributed by atoms with E-state index in [-0.39, 0.29) is 6.54 Å². The van der Waals surface area contributed by atoms with Gasteiger partial charge in [-0.25, -0.2) is 16.2 Å². The molecule has 0 saturated carbocycles. The Morgan fingerprint density at radius 3 is 2.32 bits per heavy atom. The minimum Gasteiger partial charge on any atom is -0.467 e. The van der Waals surface area contributed by atoms with Gasteiger partial charge in [0.15, 0.2) is 5.54 Å². The monoisotopic (exact) mass is 268 g/mol. The maximum absolute atomic E-state index is 11.7. The highest BCUT2D eigenvalue weighted by atomic mass is 16.6. The number of rotatable bonds is 4. The fourth-order valence-electron chi connectivity index (χ4n) is 1.23. The molecule has 6 nitrogen and oxygen atoms in total. The Balaban J connectivity index is 4.93. The Morgan fingerprint density at radius 2 is 1.89 bits per heavy atom. The van der Waals surface area contributed by atoms with Gasteiger partial charge >= 0.3 is 12.1 Å². The Kier molecular flexibility index (Phi) is 6.06. The average molecular weight is 268 g/mol. The highest BCUT2D eigenvalue weighted by Gasteiger charge is 2.35. The molecule has 0 radical (unpaired) electrons. The van der Waals surface area contributed by atoms with E-state index in [1.165, 1.54) is 26.2 Å². The van der Waals surface area contributed by atoms with Crippen LogP contribution in [0.25, 0.3) is 4.85 Å². The fraction of sp³-hybridized carbons (Fsp3) is 0.615. The summed E-state index contributed by atoms with van der Waals surface area (Å²) in [6.07, 6.45) is 2.18. The molecule has 0 aromatic carbocycles.